The molecule has 0 unspecified atom stereocenters. The van der Waals surface area contributed by atoms with E-state index in [0.29, 0.717) is 0 Å². The minimum absolute atomic E-state index is 0.00554. The Bertz CT molecular complexity index is 2250. The van der Waals surface area contributed by atoms with Crippen LogP contribution >= 0.6 is 0 Å². The maximum absolute atomic E-state index is 13.5. The molecule has 22 nitrogen and oxygen atoms in total. The number of alkyl carbamates (subject to hydrolysis) is 2. The molecule has 0 saturated heterocycles. The summed E-state index contributed by atoms with van der Waals surface area (Å²) in [7, 11) is 0. The molecule has 0 aromatic carbocycles. The summed E-state index contributed by atoms with van der Waals surface area (Å²) < 4.78 is 44.5. The molecule has 6 aromatic heterocycles. The van der Waals surface area contributed by atoms with E-state index in [9.17, 15) is 19.2 Å². The normalized spacial score (nSPS) is 15.8. The predicted octanol–water partition coefficient (Wildman–Crippen LogP) is 5.37. The number of hydrogen-bond donors (Lipinski definition) is 4. The van der Waals surface area contributed by atoms with E-state index in [1.54, 1.807) is 41.5 Å². The molecule has 12 bridgehead atoms. The summed E-state index contributed by atoms with van der Waals surface area (Å²) in [4.78, 5) is 78.0. The Labute approximate surface area is 327 Å². The molecule has 58 heavy (non-hydrogen) atoms. The van der Waals surface area contributed by atoms with Crippen molar-refractivity contribution in [3.63, 3.8) is 0 Å². The fraction of sp³-hybridized carbons (Fsp3) is 0.389. The lowest BCUT2D eigenvalue weighted by molar-refractivity contribution is 0.0513. The maximum atomic E-state index is 13.5. The van der Waals surface area contributed by atoms with Gasteiger partial charge in [0.2, 0.25) is 35.3 Å². The third-order valence-electron chi connectivity index (χ3n) is 7.81. The summed E-state index contributed by atoms with van der Waals surface area (Å²) >= 11 is 0. The van der Waals surface area contributed by atoms with E-state index < -0.39 is 47.3 Å². The van der Waals surface area contributed by atoms with Crippen LogP contribution < -0.4 is 21.3 Å². The van der Waals surface area contributed by atoms with Gasteiger partial charge >= 0.3 is 12.2 Å². The average molecular weight is 803 g/mol. The fourth-order valence-corrected chi connectivity index (χ4v) is 5.31. The summed E-state index contributed by atoms with van der Waals surface area (Å²) in [6.45, 7) is 10.5. The van der Waals surface area contributed by atoms with E-state index in [2.05, 4.69) is 51.2 Å². The van der Waals surface area contributed by atoms with Crippen molar-refractivity contribution in [1.82, 2.24) is 51.2 Å². The van der Waals surface area contributed by atoms with E-state index in [4.69, 9.17) is 36.0 Å². The smallest absolute Gasteiger partial charge is 0.407 e. The second-order valence-electron chi connectivity index (χ2n) is 14.8. The van der Waals surface area contributed by atoms with Crippen molar-refractivity contribution in [2.45, 2.75) is 77.7 Å². The first kappa shape index (κ1) is 39.0. The van der Waals surface area contributed by atoms with Gasteiger partial charge in [0.05, 0.1) is 0 Å². The first-order chi connectivity index (χ1) is 27.6. The molecule has 1 aliphatic rings. The van der Waals surface area contributed by atoms with Crippen LogP contribution in [0.5, 0.6) is 0 Å². The highest BCUT2D eigenvalue weighted by Crippen LogP contribution is 2.29. The Morgan fingerprint density at radius 1 is 0.534 bits per heavy atom. The van der Waals surface area contributed by atoms with Crippen LogP contribution in [0, 0.1) is 0 Å². The summed E-state index contributed by atoms with van der Waals surface area (Å²) in [6.07, 6.45) is 6.21. The molecule has 0 saturated carbocycles. The minimum Gasteiger partial charge on any atom is -0.446 e. The van der Waals surface area contributed by atoms with E-state index >= 15 is 0 Å². The lowest BCUT2D eigenvalue weighted by Crippen LogP contribution is -2.36. The topological polar surface area (TPSA) is 291 Å². The summed E-state index contributed by atoms with van der Waals surface area (Å²) in [5.74, 6) is -1.32. The molecule has 2 atom stereocenters. The molecular weight excluding hydrogens is 764 g/mol. The van der Waals surface area contributed by atoms with Crippen LogP contribution in [0.1, 0.15) is 99.2 Å². The Kier molecular flexibility index (Phi) is 10.6. The zero-order chi connectivity index (χ0) is 41.2. The second-order valence-corrected chi connectivity index (χ2v) is 14.8. The number of hydrogen-bond acceptors (Lipinski definition) is 18. The van der Waals surface area contributed by atoms with Gasteiger partial charge in [0.1, 0.15) is 60.9 Å². The fourth-order valence-electron chi connectivity index (χ4n) is 5.31. The van der Waals surface area contributed by atoms with Crippen molar-refractivity contribution in [2.75, 3.05) is 13.1 Å². The Hall–Kier alpha value is -7.26. The highest BCUT2D eigenvalue weighted by atomic mass is 16.6. The molecule has 22 heteroatoms. The Balaban J connectivity index is 1.18. The van der Waals surface area contributed by atoms with Crippen LogP contribution in [0.25, 0.3) is 46.3 Å². The third-order valence-corrected chi connectivity index (χ3v) is 7.81. The summed E-state index contributed by atoms with van der Waals surface area (Å²) in [5.41, 5.74) is -1.12. The standard InChI is InChI=1S/C36H38N10O12/c1-35(2,3)57-33(49)37-9-7-17-27-43-23(13-53-27)31-45-22(15-55-31)30-42-20(12-52-30)26(48)40-18(8-10-38-34(50)58-36(4,5)6)28-44-24(14-54-28)32-46-21(16-56-32)29-41-19(11-51-29)25(47)39-17/h11-18H,7-10H2,1-6H3,(H,37,49)(H,38,50)(H,39,47)(H,40,48)/t17-,18-/m0/s1. The number of ether oxygens (including phenoxy) is 2. The molecular formula is C36H38N10O12. The molecule has 0 aliphatic carbocycles. The number of nitrogens with one attached hydrogen (secondary N) is 4. The summed E-state index contributed by atoms with van der Waals surface area (Å²) in [6, 6.07) is -1.80. The van der Waals surface area contributed by atoms with E-state index in [1.807, 2.05) is 0 Å². The maximum Gasteiger partial charge on any atom is 0.407 e. The Morgan fingerprint density at radius 3 is 1.21 bits per heavy atom. The molecule has 304 valence electrons. The number of oxazole rings is 6. The molecule has 0 radical (unpaired) electrons. The molecule has 6 aromatic rings. The number of carbonyl (C=O) groups excluding carboxylic acids is 4. The van der Waals surface area contributed by atoms with Crippen LogP contribution in [0.15, 0.2) is 64.1 Å². The third kappa shape index (κ3) is 9.39. The van der Waals surface area contributed by atoms with Crippen molar-refractivity contribution < 1.29 is 55.2 Å². The van der Waals surface area contributed by atoms with Crippen molar-refractivity contribution in [3.05, 3.63) is 60.7 Å². The van der Waals surface area contributed by atoms with Gasteiger partial charge in [-0.2, -0.15) is 0 Å². The second kappa shape index (κ2) is 15.7. The van der Waals surface area contributed by atoms with Gasteiger partial charge in [-0.05, 0) is 54.4 Å². The monoisotopic (exact) mass is 802 g/mol. The molecule has 7 heterocycles. The quantitative estimate of drug-likeness (QED) is 0.165. The first-order valence-electron chi connectivity index (χ1n) is 17.9. The van der Waals surface area contributed by atoms with Crippen molar-refractivity contribution in [3.8, 4) is 46.3 Å². The summed E-state index contributed by atoms with van der Waals surface area (Å²) in [5, 5.41) is 10.9. The number of nitrogens with zero attached hydrogens (tertiary/aromatic N) is 6. The first-order valence-corrected chi connectivity index (χ1v) is 17.9. The van der Waals surface area contributed by atoms with Gasteiger partial charge < -0.3 is 57.2 Å². The van der Waals surface area contributed by atoms with Gasteiger partial charge in [0, 0.05) is 13.1 Å². The highest BCUT2D eigenvalue weighted by molar-refractivity contribution is 5.93. The molecule has 4 amide bonds. The van der Waals surface area contributed by atoms with Gasteiger partial charge in [0.25, 0.3) is 11.8 Å². The molecule has 1 aliphatic heterocycles. The number of amides is 4. The van der Waals surface area contributed by atoms with Gasteiger partial charge in [-0.25, -0.2) is 39.5 Å². The van der Waals surface area contributed by atoms with Gasteiger partial charge in [-0.15, -0.1) is 0 Å². The number of aromatic nitrogens is 6. The van der Waals surface area contributed by atoms with E-state index in [0.717, 1.165) is 12.5 Å². The zero-order valence-corrected chi connectivity index (χ0v) is 32.0. The number of rotatable bonds is 6. The largest absolute Gasteiger partial charge is 0.446 e. The molecule has 0 fully saturated rings. The number of fused-ring (bicyclic) bond motifs is 16. The highest BCUT2D eigenvalue weighted by Gasteiger charge is 2.29. The van der Waals surface area contributed by atoms with E-state index in [1.165, 1.54) is 25.1 Å². The van der Waals surface area contributed by atoms with Crippen molar-refractivity contribution >= 4 is 24.0 Å². The van der Waals surface area contributed by atoms with Crippen LogP contribution in [-0.2, 0) is 9.47 Å². The SMILES string of the molecule is CC(C)(C)OC(=O)NCC[C@@H]1NC(=O)c2coc(n2)-c2coc(n2)-c2coc(n2)[C@H](CCNC(=O)OC(C)(C)C)NC(=O)c2coc(n2)-c2coc(n2)-c2coc1n2. The van der Waals surface area contributed by atoms with Crippen molar-refractivity contribution in [2.24, 2.45) is 0 Å². The van der Waals surface area contributed by atoms with Crippen LogP contribution in [0.2, 0.25) is 0 Å². The van der Waals surface area contributed by atoms with Crippen LogP contribution in [0.3, 0.4) is 0 Å². The zero-order valence-electron chi connectivity index (χ0n) is 32.0. The Morgan fingerprint density at radius 2 is 0.845 bits per heavy atom. The van der Waals surface area contributed by atoms with Gasteiger partial charge in [-0.3, -0.25) is 9.59 Å². The molecule has 0 spiro atoms. The van der Waals surface area contributed by atoms with Crippen LogP contribution in [-0.4, -0.2) is 78.2 Å². The number of carbonyl (C=O) groups is 4. The molecule has 7 rings (SSSR count). The van der Waals surface area contributed by atoms with E-state index in [-0.39, 0.29) is 95.4 Å². The van der Waals surface area contributed by atoms with Crippen LogP contribution in [0.4, 0.5) is 9.59 Å². The molecule has 4 N–H and O–H groups in total. The van der Waals surface area contributed by atoms with Gasteiger partial charge in [-0.1, -0.05) is 0 Å². The lowest BCUT2D eigenvalue weighted by Gasteiger charge is -2.20. The van der Waals surface area contributed by atoms with Gasteiger partial charge in [0.15, 0.2) is 34.2 Å². The minimum atomic E-state index is -0.902. The van der Waals surface area contributed by atoms with Crippen molar-refractivity contribution in [1.29, 1.82) is 0 Å². The average Bonchev–Trinajstić information content (AvgIpc) is 3.99. The lowest BCUT2D eigenvalue weighted by atomic mass is 10.2. The predicted molar refractivity (Wildman–Crippen MR) is 193 cm³/mol.